The summed E-state index contributed by atoms with van der Waals surface area (Å²) in [5.41, 5.74) is 0.0994. The van der Waals surface area contributed by atoms with E-state index in [1.54, 1.807) is 0 Å². The van der Waals surface area contributed by atoms with E-state index in [9.17, 15) is 9.59 Å². The van der Waals surface area contributed by atoms with E-state index < -0.39 is 11.9 Å². The van der Waals surface area contributed by atoms with Crippen molar-refractivity contribution >= 4 is 40.8 Å². The van der Waals surface area contributed by atoms with Crippen LogP contribution in [-0.4, -0.2) is 28.5 Å². The molecule has 0 aliphatic rings. The Labute approximate surface area is 142 Å². The van der Waals surface area contributed by atoms with E-state index in [-0.39, 0.29) is 18.0 Å². The van der Waals surface area contributed by atoms with Crippen LogP contribution >= 0.6 is 23.2 Å². The van der Waals surface area contributed by atoms with Gasteiger partial charge >= 0.3 is 5.97 Å². The van der Waals surface area contributed by atoms with Gasteiger partial charge in [-0.2, -0.15) is 0 Å². The monoisotopic (exact) mass is 353 g/mol. The summed E-state index contributed by atoms with van der Waals surface area (Å²) in [6.45, 7) is 2.10. The van der Waals surface area contributed by atoms with Crippen LogP contribution in [0.25, 0.3) is 0 Å². The number of ether oxygens (including phenoxy) is 1. The number of anilines is 1. The van der Waals surface area contributed by atoms with E-state index in [0.29, 0.717) is 22.2 Å². The van der Waals surface area contributed by atoms with Crippen molar-refractivity contribution < 1.29 is 14.3 Å². The fourth-order valence-electron chi connectivity index (χ4n) is 1.73. The van der Waals surface area contributed by atoms with E-state index in [0.717, 1.165) is 0 Å². The average molecular weight is 354 g/mol. The Hall–Kier alpha value is -2.18. The topological polar surface area (TPSA) is 81.2 Å². The highest BCUT2D eigenvalue weighted by Crippen LogP contribution is 2.23. The van der Waals surface area contributed by atoms with Crippen LogP contribution in [0.2, 0.25) is 10.0 Å². The first-order valence-electron chi connectivity index (χ1n) is 6.77. The fraction of sp³-hybridized carbons (Fsp3) is 0.200. The van der Waals surface area contributed by atoms with Gasteiger partial charge in [-0.15, -0.1) is 0 Å². The number of hydrogen-bond donors (Lipinski definition) is 1. The predicted molar refractivity (Wildman–Crippen MR) is 87.0 cm³/mol. The Bertz CT molecular complexity index is 717. The summed E-state index contributed by atoms with van der Waals surface area (Å²) in [5.74, 6) is -1.31. The summed E-state index contributed by atoms with van der Waals surface area (Å²) < 4.78 is 4.99. The summed E-state index contributed by atoms with van der Waals surface area (Å²) in [6, 6.07) is 4.59. The average Bonchev–Trinajstić information content (AvgIpc) is 2.51. The van der Waals surface area contributed by atoms with E-state index in [2.05, 4.69) is 15.3 Å². The molecule has 2 rings (SSSR count). The van der Waals surface area contributed by atoms with Crippen LogP contribution in [0.3, 0.4) is 0 Å². The summed E-state index contributed by atoms with van der Waals surface area (Å²) in [7, 11) is 0. The van der Waals surface area contributed by atoms with Crippen molar-refractivity contribution in [1.82, 2.24) is 9.97 Å². The molecule has 1 heterocycles. The van der Waals surface area contributed by atoms with Gasteiger partial charge in [0.05, 0.1) is 6.61 Å². The second kappa shape index (κ2) is 7.89. The molecule has 0 saturated heterocycles. The minimum atomic E-state index is -0.700. The quantitative estimate of drug-likeness (QED) is 0.830. The minimum absolute atomic E-state index is 0.135. The summed E-state index contributed by atoms with van der Waals surface area (Å²) in [6.07, 6.45) is 3.29. The second-order valence-corrected chi connectivity index (χ2v) is 5.37. The SMILES string of the molecule is CCCOC(=O)c1nccnc1C(=O)Nc1cc(Cl)cc(Cl)c1. The fourth-order valence-corrected chi connectivity index (χ4v) is 2.26. The molecule has 0 unspecified atom stereocenters. The Morgan fingerprint density at radius 1 is 1.09 bits per heavy atom. The van der Waals surface area contributed by atoms with Gasteiger partial charge in [0, 0.05) is 28.1 Å². The molecular formula is C15H13Cl2N3O3. The maximum absolute atomic E-state index is 12.3. The van der Waals surface area contributed by atoms with Gasteiger partial charge in [0.2, 0.25) is 0 Å². The number of aromatic nitrogens is 2. The largest absolute Gasteiger partial charge is 0.461 e. The third kappa shape index (κ3) is 4.64. The van der Waals surface area contributed by atoms with Crippen molar-refractivity contribution in [3.63, 3.8) is 0 Å². The molecule has 0 bridgehead atoms. The third-order valence-corrected chi connectivity index (χ3v) is 3.10. The zero-order chi connectivity index (χ0) is 16.8. The maximum atomic E-state index is 12.3. The molecule has 0 spiro atoms. The van der Waals surface area contributed by atoms with Crippen molar-refractivity contribution in [1.29, 1.82) is 0 Å². The molecule has 0 saturated carbocycles. The van der Waals surface area contributed by atoms with E-state index in [4.69, 9.17) is 27.9 Å². The smallest absolute Gasteiger partial charge is 0.359 e. The Kier molecular flexibility index (Phi) is 5.90. The Balaban J connectivity index is 2.24. The van der Waals surface area contributed by atoms with E-state index >= 15 is 0 Å². The van der Waals surface area contributed by atoms with Crippen LogP contribution in [-0.2, 0) is 4.74 Å². The molecule has 1 amide bonds. The van der Waals surface area contributed by atoms with Gasteiger partial charge in [-0.3, -0.25) is 4.79 Å². The number of esters is 1. The molecule has 0 atom stereocenters. The Morgan fingerprint density at radius 2 is 1.70 bits per heavy atom. The van der Waals surface area contributed by atoms with Crippen LogP contribution in [0.15, 0.2) is 30.6 Å². The summed E-state index contributed by atoms with van der Waals surface area (Å²) >= 11 is 11.8. The maximum Gasteiger partial charge on any atom is 0.359 e. The van der Waals surface area contributed by atoms with Crippen molar-refractivity contribution in [3.8, 4) is 0 Å². The lowest BCUT2D eigenvalue weighted by Gasteiger charge is -2.09. The van der Waals surface area contributed by atoms with Gasteiger partial charge in [0.25, 0.3) is 5.91 Å². The normalized spacial score (nSPS) is 10.2. The van der Waals surface area contributed by atoms with Crippen LogP contribution in [0.5, 0.6) is 0 Å². The number of nitrogens with zero attached hydrogens (tertiary/aromatic N) is 2. The third-order valence-electron chi connectivity index (χ3n) is 2.66. The summed E-state index contributed by atoms with van der Waals surface area (Å²) in [5, 5.41) is 3.31. The van der Waals surface area contributed by atoms with Gasteiger partial charge in [-0.05, 0) is 24.6 Å². The molecule has 23 heavy (non-hydrogen) atoms. The van der Waals surface area contributed by atoms with Crippen molar-refractivity contribution in [3.05, 3.63) is 52.0 Å². The molecule has 0 fully saturated rings. The molecule has 8 heteroatoms. The lowest BCUT2D eigenvalue weighted by molar-refractivity contribution is 0.0494. The van der Waals surface area contributed by atoms with Gasteiger partial charge in [0.15, 0.2) is 11.4 Å². The van der Waals surface area contributed by atoms with Crippen molar-refractivity contribution in [2.24, 2.45) is 0 Å². The van der Waals surface area contributed by atoms with Gasteiger partial charge in [0.1, 0.15) is 0 Å². The molecule has 6 nitrogen and oxygen atoms in total. The van der Waals surface area contributed by atoms with Crippen LogP contribution in [0.1, 0.15) is 34.3 Å². The number of hydrogen-bond acceptors (Lipinski definition) is 5. The molecular weight excluding hydrogens is 341 g/mol. The van der Waals surface area contributed by atoms with Crippen molar-refractivity contribution in [2.75, 3.05) is 11.9 Å². The van der Waals surface area contributed by atoms with Crippen molar-refractivity contribution in [2.45, 2.75) is 13.3 Å². The highest BCUT2D eigenvalue weighted by molar-refractivity contribution is 6.35. The highest BCUT2D eigenvalue weighted by Gasteiger charge is 2.21. The minimum Gasteiger partial charge on any atom is -0.461 e. The summed E-state index contributed by atoms with van der Waals surface area (Å²) in [4.78, 5) is 32.1. The lowest BCUT2D eigenvalue weighted by Crippen LogP contribution is -2.21. The first-order chi connectivity index (χ1) is 11.0. The molecule has 1 aromatic heterocycles. The number of carbonyl (C=O) groups excluding carboxylic acids is 2. The lowest BCUT2D eigenvalue weighted by atomic mass is 10.2. The molecule has 2 aromatic rings. The number of nitrogens with one attached hydrogen (secondary N) is 1. The first kappa shape index (κ1) is 17.2. The van der Waals surface area contributed by atoms with Crippen LogP contribution in [0.4, 0.5) is 5.69 Å². The standard InChI is InChI=1S/C15H13Cl2N3O3/c1-2-5-23-15(22)13-12(18-3-4-19-13)14(21)20-11-7-9(16)6-10(17)8-11/h3-4,6-8H,2,5H2,1H3,(H,20,21). The molecule has 1 aromatic carbocycles. The van der Waals surface area contributed by atoms with E-state index in [1.807, 2.05) is 6.92 Å². The molecule has 0 aliphatic carbocycles. The number of amides is 1. The number of halogens is 2. The van der Waals surface area contributed by atoms with Crippen LogP contribution < -0.4 is 5.32 Å². The predicted octanol–water partition coefficient (Wildman–Crippen LogP) is 3.60. The molecule has 120 valence electrons. The Morgan fingerprint density at radius 3 is 2.30 bits per heavy atom. The van der Waals surface area contributed by atoms with Gasteiger partial charge in [-0.25, -0.2) is 14.8 Å². The zero-order valence-corrected chi connectivity index (χ0v) is 13.7. The molecule has 0 radical (unpaired) electrons. The number of benzene rings is 1. The highest BCUT2D eigenvalue weighted by atomic mass is 35.5. The van der Waals surface area contributed by atoms with Gasteiger partial charge < -0.3 is 10.1 Å². The molecule has 1 N–H and O–H groups in total. The number of rotatable bonds is 5. The van der Waals surface area contributed by atoms with E-state index in [1.165, 1.54) is 30.6 Å². The molecule has 0 aliphatic heterocycles. The zero-order valence-electron chi connectivity index (χ0n) is 12.2. The first-order valence-corrected chi connectivity index (χ1v) is 7.52. The van der Waals surface area contributed by atoms with Crippen LogP contribution in [0, 0.1) is 0 Å². The number of carbonyl (C=O) groups is 2. The second-order valence-electron chi connectivity index (χ2n) is 4.50. The van der Waals surface area contributed by atoms with Gasteiger partial charge in [-0.1, -0.05) is 30.1 Å².